The van der Waals surface area contributed by atoms with E-state index in [1.165, 1.54) is 0 Å². The zero-order valence-corrected chi connectivity index (χ0v) is 13.9. The maximum absolute atomic E-state index is 12.5. The monoisotopic (exact) mass is 339 g/mol. The van der Waals surface area contributed by atoms with Crippen LogP contribution in [0.15, 0.2) is 47.9 Å². The van der Waals surface area contributed by atoms with Crippen molar-refractivity contribution in [3.05, 3.63) is 63.9 Å². The Labute approximate surface area is 144 Å². The number of thiophene rings is 1. The van der Waals surface area contributed by atoms with Gasteiger partial charge in [0.1, 0.15) is 0 Å². The molecule has 1 amide bonds. The molecule has 0 bridgehead atoms. The minimum absolute atomic E-state index is 0.0390. The molecule has 2 aliphatic rings. The summed E-state index contributed by atoms with van der Waals surface area (Å²) in [6, 6.07) is 11.4. The second kappa shape index (κ2) is 5.91. The molecule has 1 spiro atoms. The molecule has 1 atom stereocenters. The van der Waals surface area contributed by atoms with Gasteiger partial charge in [0.15, 0.2) is 5.60 Å². The molecular formula is C19H17NO3S. The first-order valence-corrected chi connectivity index (χ1v) is 8.89. The van der Waals surface area contributed by atoms with E-state index >= 15 is 0 Å². The van der Waals surface area contributed by atoms with Crippen LogP contribution in [-0.4, -0.2) is 29.9 Å². The van der Waals surface area contributed by atoms with E-state index < -0.39 is 5.60 Å². The Balaban J connectivity index is 1.56. The highest BCUT2D eigenvalue weighted by atomic mass is 32.1. The molecule has 0 N–H and O–H groups in total. The summed E-state index contributed by atoms with van der Waals surface area (Å²) in [5.74, 6) is -0.322. The number of esters is 1. The number of amides is 1. The minimum atomic E-state index is -0.682. The van der Waals surface area contributed by atoms with Crippen LogP contribution in [0.5, 0.6) is 0 Å². The van der Waals surface area contributed by atoms with Crippen LogP contribution in [0.2, 0.25) is 0 Å². The van der Waals surface area contributed by atoms with E-state index in [1.54, 1.807) is 28.4 Å². The van der Waals surface area contributed by atoms with Gasteiger partial charge in [0.25, 0.3) is 0 Å². The molecule has 0 radical (unpaired) electrons. The Hall–Kier alpha value is -2.40. The lowest BCUT2D eigenvalue weighted by atomic mass is 9.85. The van der Waals surface area contributed by atoms with Crippen LogP contribution < -0.4 is 0 Å². The molecule has 24 heavy (non-hydrogen) atoms. The van der Waals surface area contributed by atoms with E-state index in [1.807, 2.05) is 41.8 Å². The van der Waals surface area contributed by atoms with Gasteiger partial charge in [-0.05, 0) is 36.4 Å². The summed E-state index contributed by atoms with van der Waals surface area (Å²) in [5, 5.41) is 1.98. The molecule has 2 aromatic rings. The zero-order valence-electron chi connectivity index (χ0n) is 13.1. The summed E-state index contributed by atoms with van der Waals surface area (Å²) in [6.07, 6.45) is 5.02. The Morgan fingerprint density at radius 2 is 2.12 bits per heavy atom. The van der Waals surface area contributed by atoms with Crippen LogP contribution in [0.25, 0.3) is 6.08 Å². The average Bonchev–Trinajstić information content (AvgIpc) is 3.21. The summed E-state index contributed by atoms with van der Waals surface area (Å²) in [7, 11) is 0. The van der Waals surface area contributed by atoms with Crippen molar-refractivity contribution < 1.29 is 14.3 Å². The number of hydrogen-bond acceptors (Lipinski definition) is 4. The van der Waals surface area contributed by atoms with Gasteiger partial charge < -0.3 is 9.64 Å². The molecule has 2 aliphatic heterocycles. The molecule has 1 aromatic carbocycles. The number of benzene rings is 1. The number of fused-ring (bicyclic) bond motifs is 2. The van der Waals surface area contributed by atoms with Crippen molar-refractivity contribution in [3.63, 3.8) is 0 Å². The highest BCUT2D eigenvalue weighted by Crippen LogP contribution is 2.42. The predicted octanol–water partition coefficient (Wildman–Crippen LogP) is 3.45. The van der Waals surface area contributed by atoms with Crippen LogP contribution in [0.1, 0.15) is 33.6 Å². The van der Waals surface area contributed by atoms with Gasteiger partial charge >= 0.3 is 5.97 Å². The first-order valence-electron chi connectivity index (χ1n) is 8.01. The maximum Gasteiger partial charge on any atom is 0.339 e. The molecule has 122 valence electrons. The van der Waals surface area contributed by atoms with Crippen molar-refractivity contribution in [1.82, 2.24) is 4.90 Å². The van der Waals surface area contributed by atoms with E-state index in [0.717, 1.165) is 23.3 Å². The van der Waals surface area contributed by atoms with Crippen LogP contribution in [0, 0.1) is 0 Å². The van der Waals surface area contributed by atoms with E-state index in [-0.39, 0.29) is 11.9 Å². The third-order valence-electron chi connectivity index (χ3n) is 4.63. The molecule has 1 saturated heterocycles. The lowest BCUT2D eigenvalue weighted by Gasteiger charge is -2.39. The fraction of sp³-hybridized carbons (Fsp3) is 0.263. The van der Waals surface area contributed by atoms with Gasteiger partial charge in [0, 0.05) is 23.1 Å². The van der Waals surface area contributed by atoms with E-state index in [2.05, 4.69) is 0 Å². The van der Waals surface area contributed by atoms with Gasteiger partial charge in [-0.15, -0.1) is 11.3 Å². The third kappa shape index (κ3) is 2.55. The first kappa shape index (κ1) is 15.1. The Morgan fingerprint density at radius 3 is 2.96 bits per heavy atom. The Kier molecular flexibility index (Phi) is 3.73. The van der Waals surface area contributed by atoms with Crippen LogP contribution in [0.3, 0.4) is 0 Å². The number of piperidine rings is 1. The summed E-state index contributed by atoms with van der Waals surface area (Å²) in [4.78, 5) is 27.5. The summed E-state index contributed by atoms with van der Waals surface area (Å²) >= 11 is 1.59. The zero-order chi connectivity index (χ0) is 16.6. The minimum Gasteiger partial charge on any atom is -0.449 e. The third-order valence-corrected chi connectivity index (χ3v) is 5.46. The normalized spacial score (nSPS) is 22.8. The molecule has 0 saturated carbocycles. The molecule has 1 aromatic heterocycles. The first-order chi connectivity index (χ1) is 11.7. The molecule has 4 rings (SSSR count). The number of hydrogen-bond donors (Lipinski definition) is 0. The van der Waals surface area contributed by atoms with Crippen molar-refractivity contribution in [3.8, 4) is 0 Å². The summed E-state index contributed by atoms with van der Waals surface area (Å²) in [5.41, 5.74) is 0.855. The van der Waals surface area contributed by atoms with Crippen molar-refractivity contribution in [2.24, 2.45) is 0 Å². The van der Waals surface area contributed by atoms with Gasteiger partial charge in [-0.2, -0.15) is 0 Å². The molecule has 4 nitrogen and oxygen atoms in total. The second-order valence-corrected chi connectivity index (χ2v) is 7.12. The fourth-order valence-corrected chi connectivity index (χ4v) is 4.12. The molecule has 0 unspecified atom stereocenters. The van der Waals surface area contributed by atoms with E-state index in [9.17, 15) is 9.59 Å². The number of rotatable bonds is 2. The fourth-order valence-electron chi connectivity index (χ4n) is 3.50. The molecular weight excluding hydrogens is 322 g/mol. The smallest absolute Gasteiger partial charge is 0.339 e. The summed E-state index contributed by atoms with van der Waals surface area (Å²) in [6.45, 7) is 1.11. The van der Waals surface area contributed by atoms with Crippen LogP contribution in [-0.2, 0) is 15.1 Å². The Morgan fingerprint density at radius 1 is 1.25 bits per heavy atom. The second-order valence-electron chi connectivity index (χ2n) is 6.14. The molecule has 0 aliphatic carbocycles. The van der Waals surface area contributed by atoms with Crippen molar-refractivity contribution >= 4 is 29.3 Å². The molecule has 1 fully saturated rings. The highest BCUT2D eigenvalue weighted by molar-refractivity contribution is 7.10. The highest BCUT2D eigenvalue weighted by Gasteiger charge is 2.48. The number of nitrogens with zero attached hydrogens (tertiary/aromatic N) is 1. The molecule has 5 heteroatoms. The molecule has 3 heterocycles. The lowest BCUT2D eigenvalue weighted by Crippen LogP contribution is -2.48. The summed E-state index contributed by atoms with van der Waals surface area (Å²) < 4.78 is 5.74. The van der Waals surface area contributed by atoms with Crippen molar-refractivity contribution in [2.45, 2.75) is 18.4 Å². The largest absolute Gasteiger partial charge is 0.449 e. The van der Waals surface area contributed by atoms with E-state index in [4.69, 9.17) is 4.74 Å². The van der Waals surface area contributed by atoms with Gasteiger partial charge in [-0.1, -0.05) is 24.3 Å². The maximum atomic E-state index is 12.5. The number of carbonyl (C=O) groups is 2. The van der Waals surface area contributed by atoms with E-state index in [0.29, 0.717) is 18.7 Å². The van der Waals surface area contributed by atoms with Gasteiger partial charge in [0.2, 0.25) is 5.91 Å². The van der Waals surface area contributed by atoms with Gasteiger partial charge in [-0.25, -0.2) is 4.79 Å². The average molecular weight is 339 g/mol. The standard InChI is InChI=1S/C19H17NO3S/c21-17(9-8-14-5-3-12-24-14)20-11-4-10-19(13-20)16-7-2-1-6-15(16)18(22)23-19/h1-3,5-9,12H,4,10-11,13H2/b9-8+/t19-/m1/s1. The van der Waals surface area contributed by atoms with Crippen molar-refractivity contribution in [1.29, 1.82) is 0 Å². The topological polar surface area (TPSA) is 46.6 Å². The van der Waals surface area contributed by atoms with Gasteiger partial charge in [-0.3, -0.25) is 4.79 Å². The van der Waals surface area contributed by atoms with Crippen molar-refractivity contribution in [2.75, 3.05) is 13.1 Å². The quantitative estimate of drug-likeness (QED) is 0.622. The number of likely N-dealkylation sites (tertiary alicyclic amines) is 1. The number of carbonyl (C=O) groups excluding carboxylic acids is 2. The van der Waals surface area contributed by atoms with Crippen LogP contribution >= 0.6 is 11.3 Å². The lowest BCUT2D eigenvalue weighted by molar-refractivity contribution is -0.133. The van der Waals surface area contributed by atoms with Crippen LogP contribution in [0.4, 0.5) is 0 Å². The number of ether oxygens (including phenoxy) is 1. The van der Waals surface area contributed by atoms with Gasteiger partial charge in [0.05, 0.1) is 12.1 Å². The predicted molar refractivity (Wildman–Crippen MR) is 92.7 cm³/mol. The Bertz CT molecular complexity index is 812. The SMILES string of the molecule is O=C1O[C@@]2(CCCN(C(=O)/C=C/c3cccs3)C2)c2ccccc21.